The van der Waals surface area contributed by atoms with Crippen molar-refractivity contribution >= 4 is 17.5 Å². The number of rotatable bonds is 6. The fourth-order valence-corrected chi connectivity index (χ4v) is 2.71. The predicted molar refractivity (Wildman–Crippen MR) is 107 cm³/mol. The number of likely N-dealkylation sites (tertiary alicyclic amines) is 1. The molecular formula is C22H25ClF2N2O. The van der Waals surface area contributed by atoms with Gasteiger partial charge in [0.05, 0.1) is 5.02 Å². The van der Waals surface area contributed by atoms with Crippen LogP contribution in [0.5, 0.6) is 0 Å². The van der Waals surface area contributed by atoms with Crippen LogP contribution in [-0.2, 0) is 12.7 Å². The largest absolute Gasteiger partial charge is 0.338 e. The molecule has 0 radical (unpaired) electrons. The highest BCUT2D eigenvalue weighted by Crippen LogP contribution is 2.32. The number of halogens is 3. The maximum Gasteiger partial charge on any atom is 0.253 e. The molecule has 6 heteroatoms. The highest BCUT2D eigenvalue weighted by Gasteiger charge is 2.35. The van der Waals surface area contributed by atoms with Gasteiger partial charge in [-0.25, -0.2) is 8.78 Å². The minimum absolute atomic E-state index is 0.131. The Hall–Kier alpha value is -2.01. The molecule has 1 aliphatic heterocycles. The highest BCUT2D eigenvalue weighted by molar-refractivity contribution is 6.31. The first-order valence-electron chi connectivity index (χ1n) is 13.5. The van der Waals surface area contributed by atoms with Crippen LogP contribution < -0.4 is 0 Å². The molecule has 3 rings (SSSR count). The van der Waals surface area contributed by atoms with E-state index < -0.39 is 73.8 Å². The van der Waals surface area contributed by atoms with Crippen LogP contribution in [0.25, 0.3) is 0 Å². The van der Waals surface area contributed by atoms with Crippen LogP contribution >= 0.6 is 11.6 Å². The number of carbonyl (C=O) groups excluding carboxylic acids is 1. The third kappa shape index (κ3) is 5.07. The van der Waals surface area contributed by atoms with Gasteiger partial charge in [0, 0.05) is 44.2 Å². The molecule has 2 heterocycles. The van der Waals surface area contributed by atoms with E-state index in [1.54, 1.807) is 0 Å². The Kier molecular flexibility index (Phi) is 3.61. The van der Waals surface area contributed by atoms with Crippen LogP contribution in [0, 0.1) is 5.82 Å². The Morgan fingerprint density at radius 2 is 2.25 bits per heavy atom. The Bertz CT molecular complexity index is 1220. The first kappa shape index (κ1) is 11.2. The predicted octanol–water partition coefficient (Wildman–Crippen LogP) is 5.40. The second kappa shape index (κ2) is 8.99. The molecule has 1 fully saturated rings. The van der Waals surface area contributed by atoms with Crippen molar-refractivity contribution in [2.24, 2.45) is 0 Å². The van der Waals surface area contributed by atoms with Crippen LogP contribution in [0.15, 0.2) is 36.5 Å². The van der Waals surface area contributed by atoms with Gasteiger partial charge in [-0.15, -0.1) is 0 Å². The summed E-state index contributed by atoms with van der Waals surface area (Å²) >= 11 is 5.69. The van der Waals surface area contributed by atoms with Crippen molar-refractivity contribution in [3.8, 4) is 0 Å². The second-order valence-electron chi connectivity index (χ2n) is 6.09. The monoisotopic (exact) mass is 416 g/mol. The van der Waals surface area contributed by atoms with Gasteiger partial charge in [0.15, 0.2) is 0 Å². The Morgan fingerprint density at radius 3 is 2.93 bits per heavy atom. The topological polar surface area (TPSA) is 33.2 Å². The summed E-state index contributed by atoms with van der Waals surface area (Å²) in [5.74, 6) is -1.96. The minimum Gasteiger partial charge on any atom is -0.338 e. The molecule has 1 atom stereocenters. The quantitative estimate of drug-likeness (QED) is 0.631. The summed E-state index contributed by atoms with van der Waals surface area (Å²) in [7, 11) is 0. The maximum atomic E-state index is 16.4. The van der Waals surface area contributed by atoms with E-state index in [0.29, 0.717) is 4.90 Å². The molecule has 1 aromatic carbocycles. The number of pyridine rings is 1. The van der Waals surface area contributed by atoms with Gasteiger partial charge in [0.25, 0.3) is 5.91 Å². The van der Waals surface area contributed by atoms with E-state index in [1.165, 1.54) is 13.0 Å². The summed E-state index contributed by atoms with van der Waals surface area (Å²) in [6.07, 6.45) is -12.6. The van der Waals surface area contributed by atoms with Gasteiger partial charge < -0.3 is 4.90 Å². The number of hydrogen-bond acceptors (Lipinski definition) is 2. The SMILES string of the molecule is [2H]C([2H])(C)c1ccc(C([2H])([2H])CC([2H])([2H])C2(F)CCN(C(=O)c3ccc(F)c(Cl)c3)C([2H])([2H])C2([2H])[2H])nc1. The molecule has 1 saturated heterocycles. The van der Waals surface area contributed by atoms with E-state index in [0.717, 1.165) is 30.5 Å². The second-order valence-corrected chi connectivity index (χ2v) is 6.49. The maximum absolute atomic E-state index is 16.4. The first-order chi connectivity index (χ1) is 17.1. The number of benzene rings is 1. The van der Waals surface area contributed by atoms with Crippen molar-refractivity contribution in [1.29, 1.82) is 0 Å². The number of nitrogens with zero attached hydrogens (tertiary/aromatic N) is 2. The summed E-state index contributed by atoms with van der Waals surface area (Å²) < 4.78 is 112. The minimum atomic E-state index is -3.66. The normalized spacial score (nSPS) is 30.1. The lowest BCUT2D eigenvalue weighted by Gasteiger charge is -2.36. The molecule has 0 saturated carbocycles. The van der Waals surface area contributed by atoms with Gasteiger partial charge in [0.2, 0.25) is 0 Å². The van der Waals surface area contributed by atoms with Crippen molar-refractivity contribution in [1.82, 2.24) is 9.88 Å². The number of aryl methyl sites for hydroxylation is 2. The zero-order chi connectivity index (χ0) is 29.1. The van der Waals surface area contributed by atoms with Crippen LogP contribution in [0.2, 0.25) is 5.02 Å². The zero-order valence-electron chi connectivity index (χ0n) is 25.0. The average molecular weight is 417 g/mol. The molecular weight excluding hydrogens is 382 g/mol. The lowest BCUT2D eigenvalue weighted by atomic mass is 9.87. The molecule has 1 amide bonds. The molecule has 0 bridgehead atoms. The van der Waals surface area contributed by atoms with Gasteiger partial charge in [0.1, 0.15) is 11.5 Å². The molecule has 1 unspecified atom stereocenters. The smallest absolute Gasteiger partial charge is 0.253 e. The Balaban J connectivity index is 1.93. The summed E-state index contributed by atoms with van der Waals surface area (Å²) in [6.45, 7) is -2.90. The van der Waals surface area contributed by atoms with Gasteiger partial charge in [-0.05, 0) is 68.2 Å². The molecule has 0 aliphatic carbocycles. The molecule has 3 nitrogen and oxygen atoms in total. The van der Waals surface area contributed by atoms with Gasteiger partial charge in [-0.2, -0.15) is 0 Å². The lowest BCUT2D eigenvalue weighted by Crippen LogP contribution is -2.44. The van der Waals surface area contributed by atoms with Crippen LogP contribution in [0.1, 0.15) is 67.8 Å². The van der Waals surface area contributed by atoms with Crippen molar-refractivity contribution in [3.05, 3.63) is 64.2 Å². The van der Waals surface area contributed by atoms with Crippen molar-refractivity contribution in [2.75, 3.05) is 13.0 Å². The Labute approximate surface area is 183 Å². The van der Waals surface area contributed by atoms with E-state index in [2.05, 4.69) is 4.98 Å². The molecule has 0 spiro atoms. The van der Waals surface area contributed by atoms with E-state index in [1.807, 2.05) is 0 Å². The first-order valence-corrected chi connectivity index (χ1v) is 8.89. The van der Waals surface area contributed by atoms with E-state index in [-0.39, 0.29) is 16.8 Å². The Morgan fingerprint density at radius 1 is 1.43 bits per heavy atom. The molecule has 28 heavy (non-hydrogen) atoms. The van der Waals surface area contributed by atoms with Crippen molar-refractivity contribution in [2.45, 2.75) is 50.9 Å². The molecule has 0 N–H and O–H groups in total. The van der Waals surface area contributed by atoms with E-state index in [9.17, 15) is 9.18 Å². The third-order valence-corrected chi connectivity index (χ3v) is 4.46. The number of alkyl halides is 1. The fraction of sp³-hybridized carbons (Fsp3) is 0.455. The molecule has 150 valence electrons. The van der Waals surface area contributed by atoms with Crippen LogP contribution in [0.3, 0.4) is 0 Å². The highest BCUT2D eigenvalue weighted by atomic mass is 35.5. The standard InChI is InChI=1S/C22H25ClF2N2O/c1-2-16-5-7-18(26-15-16)4-3-9-22(25)10-12-27(13-11-22)21(28)17-6-8-20(24)19(23)14-17/h5-8,14-15H,2-4,9-13H2,1H3/i2D2,4D2,9D2,10D2,12D2. The number of hydrogen-bond donors (Lipinski definition) is 0. The van der Waals surface area contributed by atoms with Gasteiger partial charge >= 0.3 is 0 Å². The van der Waals surface area contributed by atoms with E-state index >= 15 is 4.39 Å². The number of piperidine rings is 1. The molecule has 1 aromatic heterocycles. The summed E-state index contributed by atoms with van der Waals surface area (Å²) in [6, 6.07) is 5.16. The van der Waals surface area contributed by atoms with Gasteiger partial charge in [-0.1, -0.05) is 24.6 Å². The van der Waals surface area contributed by atoms with Crippen LogP contribution in [-0.4, -0.2) is 34.5 Å². The van der Waals surface area contributed by atoms with Crippen molar-refractivity contribution in [3.63, 3.8) is 0 Å². The van der Waals surface area contributed by atoms with E-state index in [4.69, 9.17) is 25.3 Å². The zero-order valence-corrected chi connectivity index (χ0v) is 15.8. The number of amides is 1. The molecule has 2 aromatic rings. The lowest BCUT2D eigenvalue weighted by molar-refractivity contribution is 0.0389. The van der Waals surface area contributed by atoms with Crippen LogP contribution in [0.4, 0.5) is 8.78 Å². The third-order valence-electron chi connectivity index (χ3n) is 4.17. The summed E-state index contributed by atoms with van der Waals surface area (Å²) in [4.78, 5) is 17.2. The summed E-state index contributed by atoms with van der Waals surface area (Å²) in [5, 5.41) is -0.438. The summed E-state index contributed by atoms with van der Waals surface area (Å²) in [5.41, 5.74) is -4.09. The van der Waals surface area contributed by atoms with Gasteiger partial charge in [-0.3, -0.25) is 9.78 Å². The number of aromatic nitrogens is 1. The molecule has 1 aliphatic rings. The van der Waals surface area contributed by atoms with Crippen molar-refractivity contribution < 1.29 is 27.3 Å². The fourth-order valence-electron chi connectivity index (χ4n) is 2.53. The number of carbonyl (C=O) groups is 1. The average Bonchev–Trinajstić information content (AvgIpc) is 2.78.